The molecule has 17 heavy (non-hydrogen) atoms. The number of aromatic nitrogens is 2. The van der Waals surface area contributed by atoms with E-state index in [1.54, 1.807) is 29.9 Å². The van der Waals surface area contributed by atoms with Crippen LogP contribution < -0.4 is 0 Å². The zero-order valence-corrected chi connectivity index (χ0v) is 10.8. The fraction of sp³-hybridized carbons (Fsp3) is 0.273. The molecule has 0 aliphatic rings. The van der Waals surface area contributed by atoms with Crippen LogP contribution in [0.15, 0.2) is 39.7 Å². The van der Waals surface area contributed by atoms with Crippen molar-refractivity contribution in [3.63, 3.8) is 0 Å². The van der Waals surface area contributed by atoms with Gasteiger partial charge in [0, 0.05) is 12.4 Å². The molecule has 0 aliphatic carbocycles. The molecule has 0 N–H and O–H groups in total. The third-order valence-electron chi connectivity index (χ3n) is 2.09. The van der Waals surface area contributed by atoms with Gasteiger partial charge in [-0.15, -0.1) is 0 Å². The maximum absolute atomic E-state index is 11.6. The molecular weight excluding hydrogens is 288 g/mol. The zero-order valence-electron chi connectivity index (χ0n) is 9.17. The predicted octanol–water partition coefficient (Wildman–Crippen LogP) is 2.48. The van der Waals surface area contributed by atoms with E-state index in [4.69, 9.17) is 9.15 Å². The van der Waals surface area contributed by atoms with Crippen LogP contribution in [-0.2, 0) is 11.3 Å². The lowest BCUT2D eigenvalue weighted by Gasteiger charge is -2.11. The highest BCUT2D eigenvalue weighted by molar-refractivity contribution is 9.10. The summed E-state index contributed by atoms with van der Waals surface area (Å²) < 4.78 is 12.5. The third-order valence-corrected chi connectivity index (χ3v) is 2.51. The van der Waals surface area contributed by atoms with E-state index in [0.29, 0.717) is 11.2 Å². The highest BCUT2D eigenvalue weighted by Crippen LogP contribution is 2.15. The van der Waals surface area contributed by atoms with Gasteiger partial charge < -0.3 is 9.15 Å². The van der Waals surface area contributed by atoms with Crippen LogP contribution >= 0.6 is 15.9 Å². The Morgan fingerprint density at radius 2 is 2.47 bits per heavy atom. The molecule has 0 radical (unpaired) electrons. The summed E-state index contributed by atoms with van der Waals surface area (Å²) in [5, 5.41) is 4.03. The molecule has 0 bridgehead atoms. The smallest absolute Gasteiger partial charge is 0.374 e. The maximum Gasteiger partial charge on any atom is 0.374 e. The second-order valence-corrected chi connectivity index (χ2v) is 4.33. The lowest BCUT2D eigenvalue weighted by atomic mass is 10.4. The molecule has 0 fully saturated rings. The molecule has 1 atom stereocenters. The van der Waals surface area contributed by atoms with Crippen molar-refractivity contribution in [3.05, 3.63) is 41.0 Å². The Hall–Kier alpha value is -1.56. The molecule has 0 saturated carbocycles. The highest BCUT2D eigenvalue weighted by atomic mass is 79.9. The van der Waals surface area contributed by atoms with E-state index in [2.05, 4.69) is 21.0 Å². The Bertz CT molecular complexity index is 493. The first kappa shape index (κ1) is 11.9. The average molecular weight is 299 g/mol. The van der Waals surface area contributed by atoms with Crippen molar-refractivity contribution in [2.45, 2.75) is 19.6 Å². The fourth-order valence-electron chi connectivity index (χ4n) is 1.37. The fourth-order valence-corrected chi connectivity index (χ4v) is 1.68. The van der Waals surface area contributed by atoms with Crippen molar-refractivity contribution in [3.8, 4) is 0 Å². The number of furan rings is 1. The number of nitrogens with zero attached hydrogens (tertiary/aromatic N) is 2. The van der Waals surface area contributed by atoms with Gasteiger partial charge in [-0.1, -0.05) is 0 Å². The largest absolute Gasteiger partial charge is 0.455 e. The normalized spacial score (nSPS) is 12.4. The van der Waals surface area contributed by atoms with Gasteiger partial charge >= 0.3 is 5.97 Å². The second-order valence-electron chi connectivity index (χ2n) is 3.55. The molecular formula is C11H11BrN2O3. The quantitative estimate of drug-likeness (QED) is 0.814. The summed E-state index contributed by atoms with van der Waals surface area (Å²) in [6.07, 6.45) is 3.22. The van der Waals surface area contributed by atoms with Gasteiger partial charge in [0.2, 0.25) is 5.76 Å². The SMILES string of the molecule is C[C@@H](Cn1cccn1)OC(=O)c1ccc(Br)o1. The lowest BCUT2D eigenvalue weighted by Crippen LogP contribution is -2.20. The van der Waals surface area contributed by atoms with E-state index in [1.807, 2.05) is 12.3 Å². The summed E-state index contributed by atoms with van der Waals surface area (Å²) >= 11 is 3.13. The van der Waals surface area contributed by atoms with E-state index < -0.39 is 5.97 Å². The van der Waals surface area contributed by atoms with Gasteiger partial charge in [-0.25, -0.2) is 4.79 Å². The second kappa shape index (κ2) is 5.18. The Morgan fingerprint density at radius 1 is 1.65 bits per heavy atom. The standard InChI is InChI=1S/C11H11BrN2O3/c1-8(7-14-6-2-5-13-14)16-11(15)9-3-4-10(12)17-9/h2-6,8H,7H2,1H3/t8-/m0/s1. The minimum Gasteiger partial charge on any atom is -0.455 e. The Labute approximate surface area is 106 Å². The molecule has 0 saturated heterocycles. The predicted molar refractivity (Wildman–Crippen MR) is 63.5 cm³/mol. The van der Waals surface area contributed by atoms with Crippen LogP contribution in [0.1, 0.15) is 17.5 Å². The maximum atomic E-state index is 11.6. The van der Waals surface area contributed by atoms with Gasteiger partial charge in [-0.05, 0) is 41.1 Å². The van der Waals surface area contributed by atoms with E-state index in [9.17, 15) is 4.79 Å². The van der Waals surface area contributed by atoms with Crippen molar-refractivity contribution in [1.29, 1.82) is 0 Å². The van der Waals surface area contributed by atoms with Gasteiger partial charge in [-0.2, -0.15) is 5.10 Å². The van der Waals surface area contributed by atoms with Crippen LogP contribution in [0, 0.1) is 0 Å². The molecule has 2 aromatic heterocycles. The number of ether oxygens (including phenoxy) is 1. The molecule has 0 amide bonds. The summed E-state index contributed by atoms with van der Waals surface area (Å²) in [6.45, 7) is 2.32. The number of esters is 1. The van der Waals surface area contributed by atoms with Crippen LogP contribution in [0.5, 0.6) is 0 Å². The van der Waals surface area contributed by atoms with Crippen LogP contribution in [-0.4, -0.2) is 21.9 Å². The van der Waals surface area contributed by atoms with E-state index in [-0.39, 0.29) is 11.9 Å². The molecule has 2 heterocycles. The first-order valence-corrected chi connectivity index (χ1v) is 5.88. The Morgan fingerprint density at radius 3 is 3.06 bits per heavy atom. The van der Waals surface area contributed by atoms with Gasteiger partial charge in [0.05, 0.1) is 6.54 Å². The molecule has 2 aromatic rings. The third kappa shape index (κ3) is 3.20. The first-order chi connectivity index (χ1) is 8.15. The minimum atomic E-state index is -0.477. The number of hydrogen-bond acceptors (Lipinski definition) is 4. The zero-order chi connectivity index (χ0) is 12.3. The van der Waals surface area contributed by atoms with Gasteiger partial charge in [0.1, 0.15) is 6.10 Å². The van der Waals surface area contributed by atoms with Gasteiger partial charge in [-0.3, -0.25) is 4.68 Å². The summed E-state index contributed by atoms with van der Waals surface area (Å²) in [7, 11) is 0. The van der Waals surface area contributed by atoms with Gasteiger partial charge in [0.25, 0.3) is 0 Å². The number of carbonyl (C=O) groups is 1. The molecule has 90 valence electrons. The highest BCUT2D eigenvalue weighted by Gasteiger charge is 2.15. The molecule has 5 nitrogen and oxygen atoms in total. The minimum absolute atomic E-state index is 0.184. The molecule has 2 rings (SSSR count). The Balaban J connectivity index is 1.90. The molecule has 0 aliphatic heterocycles. The van der Waals surface area contributed by atoms with Crippen molar-refractivity contribution in [2.75, 3.05) is 0 Å². The molecule has 0 unspecified atom stereocenters. The van der Waals surface area contributed by atoms with Crippen molar-refractivity contribution in [2.24, 2.45) is 0 Å². The lowest BCUT2D eigenvalue weighted by molar-refractivity contribution is 0.0262. The molecule has 0 spiro atoms. The number of rotatable bonds is 4. The average Bonchev–Trinajstić information content (AvgIpc) is 2.89. The van der Waals surface area contributed by atoms with E-state index >= 15 is 0 Å². The van der Waals surface area contributed by atoms with E-state index in [1.165, 1.54) is 0 Å². The monoisotopic (exact) mass is 298 g/mol. The van der Waals surface area contributed by atoms with Crippen LogP contribution in [0.3, 0.4) is 0 Å². The summed E-state index contributed by atoms with van der Waals surface area (Å²) in [6, 6.07) is 5.03. The Kier molecular flexibility index (Phi) is 3.63. The molecule has 6 heteroatoms. The topological polar surface area (TPSA) is 57.3 Å². The number of halogens is 1. The summed E-state index contributed by atoms with van der Waals surface area (Å²) in [5.74, 6) is -0.292. The van der Waals surface area contributed by atoms with E-state index in [0.717, 1.165) is 0 Å². The number of carbonyl (C=O) groups excluding carboxylic acids is 1. The van der Waals surface area contributed by atoms with Crippen molar-refractivity contribution in [1.82, 2.24) is 9.78 Å². The summed E-state index contributed by atoms with van der Waals surface area (Å²) in [5.41, 5.74) is 0. The van der Waals surface area contributed by atoms with Crippen LogP contribution in [0.2, 0.25) is 0 Å². The molecule has 0 aromatic carbocycles. The number of hydrogen-bond donors (Lipinski definition) is 0. The van der Waals surface area contributed by atoms with Crippen molar-refractivity contribution >= 4 is 21.9 Å². The first-order valence-electron chi connectivity index (χ1n) is 5.09. The summed E-state index contributed by atoms with van der Waals surface area (Å²) in [4.78, 5) is 11.6. The van der Waals surface area contributed by atoms with Gasteiger partial charge in [0.15, 0.2) is 4.67 Å². The van der Waals surface area contributed by atoms with Crippen LogP contribution in [0.4, 0.5) is 0 Å². The van der Waals surface area contributed by atoms with Crippen LogP contribution in [0.25, 0.3) is 0 Å². The van der Waals surface area contributed by atoms with Crippen molar-refractivity contribution < 1.29 is 13.9 Å².